The number of aliphatic hydroxyl groups is 1. The number of halogens is 4. The van der Waals surface area contributed by atoms with Gasteiger partial charge in [-0.2, -0.15) is 18.4 Å². The van der Waals surface area contributed by atoms with Gasteiger partial charge in [0.05, 0.1) is 30.4 Å². The van der Waals surface area contributed by atoms with Gasteiger partial charge in [-0.3, -0.25) is 0 Å². The summed E-state index contributed by atoms with van der Waals surface area (Å²) in [6.07, 6.45) is -7.32. The van der Waals surface area contributed by atoms with Crippen molar-refractivity contribution in [3.63, 3.8) is 0 Å². The fraction of sp³-hybridized carbons (Fsp3) is 0.579. The van der Waals surface area contributed by atoms with Crippen molar-refractivity contribution in [1.29, 1.82) is 5.26 Å². The Morgan fingerprint density at radius 1 is 1.41 bits per heavy atom. The molecule has 2 atom stereocenters. The number of ether oxygens (including phenoxy) is 2. The van der Waals surface area contributed by atoms with E-state index in [0.29, 0.717) is 30.4 Å². The van der Waals surface area contributed by atoms with E-state index in [0.717, 1.165) is 4.90 Å². The zero-order chi connectivity index (χ0) is 21.2. The van der Waals surface area contributed by atoms with Crippen LogP contribution in [0.3, 0.4) is 0 Å². The molecule has 158 valence electrons. The van der Waals surface area contributed by atoms with Crippen LogP contribution in [0.4, 0.5) is 22.4 Å². The number of alkyl halides is 3. The second-order valence-corrected chi connectivity index (χ2v) is 7.33. The lowest BCUT2D eigenvalue weighted by Crippen LogP contribution is -2.48. The molecule has 1 N–H and O–H groups in total. The van der Waals surface area contributed by atoms with Gasteiger partial charge in [0.1, 0.15) is 5.82 Å². The number of nitriles is 1. The summed E-state index contributed by atoms with van der Waals surface area (Å²) in [5, 5.41) is 17.8. The average molecular weight is 416 g/mol. The minimum Gasteiger partial charge on any atom is -0.434 e. The van der Waals surface area contributed by atoms with E-state index >= 15 is 0 Å². The quantitative estimate of drug-likeness (QED) is 0.766. The molecule has 0 bridgehead atoms. The SMILES string of the molecule is N#Cc1ccc(F)c(C2COC3(CCN(C(=O)OC(CO)C(F)(F)F)CC3)C2)c1. The van der Waals surface area contributed by atoms with Gasteiger partial charge < -0.3 is 19.5 Å². The monoisotopic (exact) mass is 416 g/mol. The van der Waals surface area contributed by atoms with Crippen LogP contribution >= 0.6 is 0 Å². The van der Waals surface area contributed by atoms with E-state index in [2.05, 4.69) is 4.74 Å². The van der Waals surface area contributed by atoms with E-state index in [4.69, 9.17) is 15.1 Å². The molecule has 0 saturated carbocycles. The molecule has 1 spiro atoms. The lowest BCUT2D eigenvalue weighted by molar-refractivity contribution is -0.215. The van der Waals surface area contributed by atoms with Gasteiger partial charge in [-0.15, -0.1) is 0 Å². The number of likely N-dealkylation sites (tertiary alicyclic amines) is 1. The highest BCUT2D eigenvalue weighted by Gasteiger charge is 2.46. The summed E-state index contributed by atoms with van der Waals surface area (Å²) in [5.41, 5.74) is 0.151. The number of benzene rings is 1. The molecule has 2 saturated heterocycles. The van der Waals surface area contributed by atoms with Crippen molar-refractivity contribution in [2.24, 2.45) is 0 Å². The third kappa shape index (κ3) is 4.62. The molecule has 2 aliphatic rings. The summed E-state index contributed by atoms with van der Waals surface area (Å²) in [6, 6.07) is 6.12. The van der Waals surface area contributed by atoms with Crippen molar-refractivity contribution in [3.8, 4) is 6.07 Å². The van der Waals surface area contributed by atoms with Crippen LogP contribution in [0, 0.1) is 17.1 Å². The molecular weight excluding hydrogens is 396 g/mol. The first-order chi connectivity index (χ1) is 13.7. The van der Waals surface area contributed by atoms with Crippen LogP contribution in [0.15, 0.2) is 18.2 Å². The van der Waals surface area contributed by atoms with Crippen LogP contribution in [0.2, 0.25) is 0 Å². The number of nitrogens with zero attached hydrogens (tertiary/aromatic N) is 2. The van der Waals surface area contributed by atoms with Gasteiger partial charge in [0, 0.05) is 19.0 Å². The van der Waals surface area contributed by atoms with E-state index in [1.54, 1.807) is 0 Å². The Morgan fingerprint density at radius 2 is 2.10 bits per heavy atom. The molecule has 3 rings (SSSR count). The van der Waals surface area contributed by atoms with Crippen molar-refractivity contribution in [2.75, 3.05) is 26.3 Å². The van der Waals surface area contributed by atoms with Gasteiger partial charge in [0.25, 0.3) is 0 Å². The van der Waals surface area contributed by atoms with E-state index in [9.17, 15) is 22.4 Å². The summed E-state index contributed by atoms with van der Waals surface area (Å²) in [6.45, 7) is -0.827. The zero-order valence-electron chi connectivity index (χ0n) is 15.4. The molecule has 0 radical (unpaired) electrons. The third-order valence-corrected chi connectivity index (χ3v) is 5.48. The average Bonchev–Trinajstić information content (AvgIpc) is 3.09. The van der Waals surface area contributed by atoms with Crippen molar-refractivity contribution in [3.05, 3.63) is 35.1 Å². The Morgan fingerprint density at radius 3 is 2.69 bits per heavy atom. The summed E-state index contributed by atoms with van der Waals surface area (Å²) >= 11 is 0. The van der Waals surface area contributed by atoms with E-state index in [1.165, 1.54) is 18.2 Å². The number of hydrogen-bond acceptors (Lipinski definition) is 5. The first-order valence-electron chi connectivity index (χ1n) is 9.14. The summed E-state index contributed by atoms with van der Waals surface area (Å²) < 4.78 is 62.4. The number of carbonyl (C=O) groups excluding carboxylic acids is 1. The second kappa shape index (κ2) is 8.16. The molecule has 0 aliphatic carbocycles. The molecule has 2 fully saturated rings. The van der Waals surface area contributed by atoms with E-state index in [1.807, 2.05) is 6.07 Å². The molecule has 10 heteroatoms. The summed E-state index contributed by atoms with van der Waals surface area (Å²) in [7, 11) is 0. The van der Waals surface area contributed by atoms with Crippen LogP contribution in [0.5, 0.6) is 0 Å². The molecule has 2 aliphatic heterocycles. The Bertz CT molecular complexity index is 800. The highest BCUT2D eigenvalue weighted by atomic mass is 19.4. The number of hydrogen-bond donors (Lipinski definition) is 1. The maximum atomic E-state index is 14.2. The van der Waals surface area contributed by atoms with E-state index < -0.39 is 36.4 Å². The number of amides is 1. The van der Waals surface area contributed by atoms with Gasteiger partial charge in [-0.25, -0.2) is 9.18 Å². The fourth-order valence-electron chi connectivity index (χ4n) is 3.82. The predicted molar refractivity (Wildman–Crippen MR) is 91.4 cm³/mol. The van der Waals surface area contributed by atoms with Crippen LogP contribution in [-0.4, -0.2) is 60.3 Å². The number of piperidine rings is 1. The van der Waals surface area contributed by atoms with Gasteiger partial charge >= 0.3 is 12.3 Å². The van der Waals surface area contributed by atoms with E-state index in [-0.39, 0.29) is 25.6 Å². The highest BCUT2D eigenvalue weighted by Crippen LogP contribution is 2.43. The maximum absolute atomic E-state index is 14.2. The molecule has 1 aromatic carbocycles. The minimum absolute atomic E-state index is 0.127. The van der Waals surface area contributed by atoms with Crippen LogP contribution < -0.4 is 0 Å². The first-order valence-corrected chi connectivity index (χ1v) is 9.14. The largest absolute Gasteiger partial charge is 0.434 e. The lowest BCUT2D eigenvalue weighted by atomic mass is 9.83. The second-order valence-electron chi connectivity index (χ2n) is 7.33. The van der Waals surface area contributed by atoms with Gasteiger partial charge in [-0.1, -0.05) is 0 Å². The highest BCUT2D eigenvalue weighted by molar-refractivity contribution is 5.68. The fourth-order valence-corrected chi connectivity index (χ4v) is 3.82. The Kier molecular flexibility index (Phi) is 6.00. The van der Waals surface area contributed by atoms with Gasteiger partial charge in [0.15, 0.2) is 0 Å². The van der Waals surface area contributed by atoms with Crippen molar-refractivity contribution in [1.82, 2.24) is 4.90 Å². The van der Waals surface area contributed by atoms with Crippen LogP contribution in [0.1, 0.15) is 36.3 Å². The van der Waals surface area contributed by atoms with Gasteiger partial charge in [0.2, 0.25) is 6.10 Å². The Balaban J connectivity index is 1.60. The Hall–Kier alpha value is -2.38. The molecule has 29 heavy (non-hydrogen) atoms. The molecule has 0 aromatic heterocycles. The normalized spacial score (nSPS) is 22.3. The zero-order valence-corrected chi connectivity index (χ0v) is 15.4. The van der Waals surface area contributed by atoms with Crippen molar-refractivity contribution >= 4 is 6.09 Å². The minimum atomic E-state index is -4.84. The summed E-state index contributed by atoms with van der Waals surface area (Å²) in [5.74, 6) is -0.663. The number of aliphatic hydroxyl groups excluding tert-OH is 1. The maximum Gasteiger partial charge on any atom is 0.427 e. The molecule has 1 aromatic rings. The van der Waals surface area contributed by atoms with Crippen molar-refractivity contribution < 1.29 is 36.9 Å². The third-order valence-electron chi connectivity index (χ3n) is 5.48. The van der Waals surface area contributed by atoms with Crippen LogP contribution in [-0.2, 0) is 9.47 Å². The number of rotatable bonds is 3. The molecule has 6 nitrogen and oxygen atoms in total. The molecule has 1 amide bonds. The van der Waals surface area contributed by atoms with Gasteiger partial charge in [-0.05, 0) is 43.0 Å². The predicted octanol–water partition coefficient (Wildman–Crippen LogP) is 3.10. The summed E-state index contributed by atoms with van der Waals surface area (Å²) in [4.78, 5) is 13.1. The first kappa shape index (κ1) is 21.3. The number of carbonyl (C=O) groups is 1. The standard InChI is InChI=1S/C19H20F4N2O4/c20-15-2-1-12(9-24)7-14(15)13-8-18(28-11-13)3-5-25(6-4-18)17(27)29-16(10-26)19(21,22)23/h1-2,7,13,16,26H,3-6,8,10-11H2. The molecule has 2 unspecified atom stereocenters. The molecular formula is C19H20F4N2O4. The smallest absolute Gasteiger partial charge is 0.427 e. The Labute approximate surface area is 164 Å². The van der Waals surface area contributed by atoms with Crippen molar-refractivity contribution in [2.45, 2.75) is 43.1 Å². The topological polar surface area (TPSA) is 82.8 Å². The molecule has 2 heterocycles. The van der Waals surface area contributed by atoms with Crippen LogP contribution in [0.25, 0.3) is 0 Å². The lowest BCUT2D eigenvalue weighted by Gasteiger charge is -2.38.